The number of anilines is 1. The summed E-state index contributed by atoms with van der Waals surface area (Å²) in [5.74, 6) is 0.692. The predicted octanol–water partition coefficient (Wildman–Crippen LogP) is 0.969. The predicted molar refractivity (Wildman–Crippen MR) is 63.1 cm³/mol. The summed E-state index contributed by atoms with van der Waals surface area (Å²) in [6.45, 7) is 6.22. The van der Waals surface area contributed by atoms with Gasteiger partial charge in [0.05, 0.1) is 11.6 Å². The van der Waals surface area contributed by atoms with Gasteiger partial charge in [0.15, 0.2) is 0 Å². The first kappa shape index (κ1) is 12.4. The van der Waals surface area contributed by atoms with Crippen molar-refractivity contribution >= 4 is 11.7 Å². The Labute approximate surface area is 95.7 Å². The second-order valence-corrected chi connectivity index (χ2v) is 4.43. The topological polar surface area (TPSA) is 66.9 Å². The molecule has 0 saturated carbocycles. The smallest absolute Gasteiger partial charge is 0.227 e. The first-order valence-electron chi connectivity index (χ1n) is 5.21. The summed E-state index contributed by atoms with van der Waals surface area (Å²) in [4.78, 5) is 11.5. The van der Waals surface area contributed by atoms with Crippen molar-refractivity contribution in [3.8, 4) is 0 Å². The van der Waals surface area contributed by atoms with E-state index in [1.807, 2.05) is 26.8 Å². The van der Waals surface area contributed by atoms with Gasteiger partial charge in [0.25, 0.3) is 0 Å². The third-order valence-corrected chi connectivity index (χ3v) is 2.34. The van der Waals surface area contributed by atoms with Gasteiger partial charge in [-0.05, 0) is 32.4 Å². The number of carbonyl (C=O) groups is 1. The average Bonchev–Trinajstić information content (AvgIpc) is 2.25. The molecule has 1 heterocycles. The largest absolute Gasteiger partial charge is 0.368 e. The number of hydrogen-bond donors (Lipinski definition) is 2. The van der Waals surface area contributed by atoms with Crippen LogP contribution in [0.15, 0.2) is 12.3 Å². The Morgan fingerprint density at radius 3 is 2.75 bits per heavy atom. The summed E-state index contributed by atoms with van der Waals surface area (Å²) < 4.78 is 0. The Balaban J connectivity index is 2.61. The maximum absolute atomic E-state index is 11.5. The van der Waals surface area contributed by atoms with Crippen LogP contribution < -0.4 is 10.6 Å². The molecular formula is C11H18N4O. The number of nitrogens with one attached hydrogen (secondary N) is 2. The van der Waals surface area contributed by atoms with Crippen molar-refractivity contribution in [3.05, 3.63) is 17.8 Å². The van der Waals surface area contributed by atoms with Crippen LogP contribution in [0, 0.1) is 12.3 Å². The zero-order valence-electron chi connectivity index (χ0n) is 10.2. The molecule has 5 heteroatoms. The monoisotopic (exact) mass is 222 g/mol. The second-order valence-electron chi connectivity index (χ2n) is 4.43. The fraction of sp³-hybridized carbons (Fsp3) is 0.545. The number of aryl methyl sites for hydroxylation is 1. The third-order valence-electron chi connectivity index (χ3n) is 2.34. The van der Waals surface area contributed by atoms with Gasteiger partial charge in [0.2, 0.25) is 5.91 Å². The molecule has 0 spiro atoms. The van der Waals surface area contributed by atoms with Gasteiger partial charge in [0, 0.05) is 13.6 Å². The van der Waals surface area contributed by atoms with Crippen molar-refractivity contribution in [2.45, 2.75) is 20.8 Å². The highest BCUT2D eigenvalue weighted by molar-refractivity contribution is 5.82. The molecular weight excluding hydrogens is 204 g/mol. The minimum absolute atomic E-state index is 0.000567. The summed E-state index contributed by atoms with van der Waals surface area (Å²) >= 11 is 0. The fourth-order valence-electron chi connectivity index (χ4n) is 1.28. The molecule has 5 nitrogen and oxygen atoms in total. The Kier molecular flexibility index (Phi) is 3.82. The average molecular weight is 222 g/mol. The maximum atomic E-state index is 11.5. The molecule has 16 heavy (non-hydrogen) atoms. The number of nitrogens with zero attached hydrogens (tertiary/aromatic N) is 2. The van der Waals surface area contributed by atoms with E-state index in [0.29, 0.717) is 12.4 Å². The molecule has 1 aromatic heterocycles. The Morgan fingerprint density at radius 2 is 2.19 bits per heavy atom. The van der Waals surface area contributed by atoms with Gasteiger partial charge < -0.3 is 10.6 Å². The van der Waals surface area contributed by atoms with Crippen LogP contribution in [0.3, 0.4) is 0 Å². The van der Waals surface area contributed by atoms with Gasteiger partial charge in [-0.1, -0.05) is 0 Å². The van der Waals surface area contributed by atoms with Crippen LogP contribution in [0.4, 0.5) is 5.82 Å². The lowest BCUT2D eigenvalue weighted by atomic mass is 9.92. The normalized spacial score (nSPS) is 11.0. The van der Waals surface area contributed by atoms with Gasteiger partial charge in [-0.3, -0.25) is 4.79 Å². The Hall–Kier alpha value is -1.65. The summed E-state index contributed by atoms with van der Waals surface area (Å²) in [6, 6.07) is 1.90. The minimum Gasteiger partial charge on any atom is -0.368 e. The van der Waals surface area contributed by atoms with E-state index < -0.39 is 5.41 Å². The SMILES string of the molecule is CNC(=O)C(C)(C)CNc1cc(C)cnn1. The van der Waals surface area contributed by atoms with Crippen molar-refractivity contribution in [2.75, 3.05) is 18.9 Å². The van der Waals surface area contributed by atoms with Gasteiger partial charge in [-0.15, -0.1) is 5.10 Å². The van der Waals surface area contributed by atoms with Gasteiger partial charge in [-0.25, -0.2) is 0 Å². The third kappa shape index (κ3) is 3.18. The van der Waals surface area contributed by atoms with E-state index in [1.54, 1.807) is 13.2 Å². The van der Waals surface area contributed by atoms with Crippen LogP contribution in [-0.4, -0.2) is 29.7 Å². The quantitative estimate of drug-likeness (QED) is 0.796. The summed E-state index contributed by atoms with van der Waals surface area (Å²) in [7, 11) is 1.64. The van der Waals surface area contributed by atoms with E-state index in [-0.39, 0.29) is 5.91 Å². The standard InChI is InChI=1S/C11H18N4O/c1-8-5-9(15-14-6-8)13-7-11(2,3)10(16)12-4/h5-6H,7H2,1-4H3,(H,12,16)(H,13,15). The van der Waals surface area contributed by atoms with Crippen molar-refractivity contribution in [3.63, 3.8) is 0 Å². The molecule has 88 valence electrons. The fourth-order valence-corrected chi connectivity index (χ4v) is 1.28. The zero-order chi connectivity index (χ0) is 12.2. The molecule has 0 saturated heterocycles. The van der Waals surface area contributed by atoms with Crippen LogP contribution in [0.25, 0.3) is 0 Å². The van der Waals surface area contributed by atoms with Crippen LogP contribution in [0.1, 0.15) is 19.4 Å². The molecule has 2 N–H and O–H groups in total. The highest BCUT2D eigenvalue weighted by Crippen LogP contribution is 2.16. The highest BCUT2D eigenvalue weighted by Gasteiger charge is 2.26. The Morgan fingerprint density at radius 1 is 1.50 bits per heavy atom. The lowest BCUT2D eigenvalue weighted by Gasteiger charge is -2.22. The van der Waals surface area contributed by atoms with E-state index in [9.17, 15) is 4.79 Å². The van der Waals surface area contributed by atoms with Crippen molar-refractivity contribution < 1.29 is 4.79 Å². The first-order valence-corrected chi connectivity index (χ1v) is 5.21. The number of carbonyl (C=O) groups excluding carboxylic acids is 1. The van der Waals surface area contributed by atoms with E-state index >= 15 is 0 Å². The van der Waals surface area contributed by atoms with Gasteiger partial charge in [0.1, 0.15) is 5.82 Å². The Bertz CT molecular complexity index is 376. The van der Waals surface area contributed by atoms with E-state index in [4.69, 9.17) is 0 Å². The van der Waals surface area contributed by atoms with Crippen molar-refractivity contribution in [1.82, 2.24) is 15.5 Å². The van der Waals surface area contributed by atoms with Crippen molar-refractivity contribution in [1.29, 1.82) is 0 Å². The first-order chi connectivity index (χ1) is 7.45. The van der Waals surface area contributed by atoms with Crippen molar-refractivity contribution in [2.24, 2.45) is 5.41 Å². The molecule has 0 aliphatic heterocycles. The summed E-state index contributed by atoms with van der Waals surface area (Å²) in [6.07, 6.45) is 1.69. The maximum Gasteiger partial charge on any atom is 0.227 e. The summed E-state index contributed by atoms with van der Waals surface area (Å²) in [5.41, 5.74) is 0.565. The van der Waals surface area contributed by atoms with Crippen LogP contribution in [-0.2, 0) is 4.79 Å². The summed E-state index contributed by atoms with van der Waals surface area (Å²) in [5, 5.41) is 13.5. The lowest BCUT2D eigenvalue weighted by molar-refractivity contribution is -0.128. The molecule has 0 fully saturated rings. The molecule has 0 aliphatic rings. The molecule has 1 amide bonds. The molecule has 1 rings (SSSR count). The number of amides is 1. The van der Waals surface area contributed by atoms with Crippen LogP contribution in [0.5, 0.6) is 0 Å². The number of hydrogen-bond acceptors (Lipinski definition) is 4. The molecule has 0 aliphatic carbocycles. The lowest BCUT2D eigenvalue weighted by Crippen LogP contribution is -2.39. The molecule has 0 aromatic carbocycles. The van der Waals surface area contributed by atoms with Gasteiger partial charge >= 0.3 is 0 Å². The zero-order valence-corrected chi connectivity index (χ0v) is 10.2. The molecule has 0 radical (unpaired) electrons. The molecule has 1 aromatic rings. The number of aromatic nitrogens is 2. The number of rotatable bonds is 4. The van der Waals surface area contributed by atoms with E-state index in [0.717, 1.165) is 5.56 Å². The van der Waals surface area contributed by atoms with Gasteiger partial charge in [-0.2, -0.15) is 5.10 Å². The van der Waals surface area contributed by atoms with Crippen LogP contribution in [0.2, 0.25) is 0 Å². The molecule has 0 atom stereocenters. The van der Waals surface area contributed by atoms with Crippen LogP contribution >= 0.6 is 0 Å². The second kappa shape index (κ2) is 4.92. The highest BCUT2D eigenvalue weighted by atomic mass is 16.2. The molecule has 0 unspecified atom stereocenters. The molecule has 0 bridgehead atoms. The van der Waals surface area contributed by atoms with E-state index in [2.05, 4.69) is 20.8 Å². The van der Waals surface area contributed by atoms with E-state index in [1.165, 1.54) is 0 Å². The minimum atomic E-state index is -0.472.